The first-order valence-electron chi connectivity index (χ1n) is 6.07. The minimum absolute atomic E-state index is 0.132. The van der Waals surface area contributed by atoms with Gasteiger partial charge in [0.1, 0.15) is 5.84 Å². The Morgan fingerprint density at radius 1 is 1.30 bits per heavy atom. The number of nitrogen functional groups attached to an aromatic ring is 1. The zero-order chi connectivity index (χ0) is 14.8. The van der Waals surface area contributed by atoms with Crippen LogP contribution in [0.5, 0.6) is 0 Å². The van der Waals surface area contributed by atoms with E-state index in [0.29, 0.717) is 24.5 Å². The lowest BCUT2D eigenvalue weighted by molar-refractivity contribution is -0.146. The number of hydrogen-bond acceptors (Lipinski definition) is 5. The maximum Gasteiger partial charge on any atom is 0.401 e. The van der Waals surface area contributed by atoms with Crippen molar-refractivity contribution in [2.45, 2.75) is 6.18 Å². The molecule has 0 amide bonds. The molecular weight excluding hydrogens is 273 g/mol. The zero-order valence-electron chi connectivity index (χ0n) is 10.7. The Bertz CT molecular complexity index is 481. The largest absolute Gasteiger partial charge is 0.401 e. The molecule has 1 aromatic rings. The van der Waals surface area contributed by atoms with Crippen molar-refractivity contribution in [3.05, 3.63) is 17.8 Å². The van der Waals surface area contributed by atoms with Crippen LogP contribution in [0.2, 0.25) is 0 Å². The molecule has 0 aliphatic carbocycles. The number of halogens is 3. The fourth-order valence-corrected chi connectivity index (χ4v) is 2.14. The van der Waals surface area contributed by atoms with Gasteiger partial charge < -0.3 is 10.6 Å². The van der Waals surface area contributed by atoms with Crippen molar-refractivity contribution in [3.63, 3.8) is 0 Å². The van der Waals surface area contributed by atoms with E-state index in [1.165, 1.54) is 11.1 Å². The van der Waals surface area contributed by atoms with Crippen LogP contribution >= 0.6 is 0 Å². The molecular formula is C11H15F3N6. The third kappa shape index (κ3) is 3.56. The van der Waals surface area contributed by atoms with Crippen molar-refractivity contribution in [2.24, 2.45) is 5.73 Å². The van der Waals surface area contributed by atoms with Gasteiger partial charge in [0.2, 0.25) is 0 Å². The van der Waals surface area contributed by atoms with E-state index >= 15 is 0 Å². The maximum absolute atomic E-state index is 12.3. The van der Waals surface area contributed by atoms with Crippen LogP contribution in [-0.2, 0) is 0 Å². The summed E-state index contributed by atoms with van der Waals surface area (Å²) in [5.41, 5.74) is 5.91. The molecule has 0 unspecified atom stereocenters. The first kappa shape index (κ1) is 14.5. The summed E-state index contributed by atoms with van der Waals surface area (Å²) in [6, 6.07) is 1.58. The van der Waals surface area contributed by atoms with Crippen LogP contribution in [0.4, 0.5) is 19.0 Å². The Morgan fingerprint density at radius 3 is 2.50 bits per heavy atom. The molecule has 0 spiro atoms. The average molecular weight is 288 g/mol. The molecule has 1 aliphatic heterocycles. The quantitative estimate of drug-likeness (QED) is 0.623. The van der Waals surface area contributed by atoms with Crippen molar-refractivity contribution in [3.8, 4) is 0 Å². The molecule has 1 saturated heterocycles. The number of nitrogens with two attached hydrogens (primary N) is 1. The van der Waals surface area contributed by atoms with Gasteiger partial charge >= 0.3 is 6.18 Å². The lowest BCUT2D eigenvalue weighted by atomic mass is 10.2. The maximum atomic E-state index is 12.3. The fourth-order valence-electron chi connectivity index (χ4n) is 2.14. The molecule has 3 N–H and O–H groups in total. The number of piperazine rings is 1. The molecule has 0 atom stereocenters. The van der Waals surface area contributed by atoms with Crippen LogP contribution in [0.15, 0.2) is 12.3 Å². The first-order chi connectivity index (χ1) is 9.37. The summed E-state index contributed by atoms with van der Waals surface area (Å²) in [5, 5.41) is 15.2. The predicted octanol–water partition coefficient (Wildman–Crippen LogP) is 0.445. The van der Waals surface area contributed by atoms with Gasteiger partial charge in [-0.2, -0.15) is 18.3 Å². The van der Waals surface area contributed by atoms with Crippen LogP contribution in [0, 0.1) is 5.41 Å². The highest BCUT2D eigenvalue weighted by Gasteiger charge is 2.32. The lowest BCUT2D eigenvalue weighted by Gasteiger charge is -2.35. The van der Waals surface area contributed by atoms with E-state index in [2.05, 4.69) is 10.2 Å². The van der Waals surface area contributed by atoms with Crippen LogP contribution in [0.1, 0.15) is 5.56 Å². The molecule has 6 nitrogen and oxygen atoms in total. The van der Waals surface area contributed by atoms with Crippen LogP contribution < -0.4 is 10.6 Å². The number of alkyl halides is 3. The van der Waals surface area contributed by atoms with E-state index in [1.54, 1.807) is 11.0 Å². The minimum atomic E-state index is -4.18. The van der Waals surface area contributed by atoms with Crippen molar-refractivity contribution in [1.29, 1.82) is 5.41 Å². The van der Waals surface area contributed by atoms with Gasteiger partial charge in [0, 0.05) is 26.2 Å². The van der Waals surface area contributed by atoms with E-state index in [4.69, 9.17) is 11.1 Å². The van der Waals surface area contributed by atoms with Gasteiger partial charge in [0.25, 0.3) is 0 Å². The first-order valence-corrected chi connectivity index (χ1v) is 6.07. The van der Waals surface area contributed by atoms with Gasteiger partial charge in [-0.1, -0.05) is 0 Å². The summed E-state index contributed by atoms with van der Waals surface area (Å²) < 4.78 is 36.9. The highest BCUT2D eigenvalue weighted by molar-refractivity contribution is 5.99. The highest BCUT2D eigenvalue weighted by atomic mass is 19.4. The van der Waals surface area contributed by atoms with E-state index in [-0.39, 0.29) is 18.9 Å². The molecule has 2 rings (SSSR count). The summed E-state index contributed by atoms with van der Waals surface area (Å²) in [4.78, 5) is 3.15. The molecule has 0 radical (unpaired) electrons. The molecule has 9 heteroatoms. The number of nitrogens with one attached hydrogen (secondary N) is 1. The van der Waals surface area contributed by atoms with Gasteiger partial charge in [0.15, 0.2) is 5.82 Å². The van der Waals surface area contributed by atoms with Crippen molar-refractivity contribution in [1.82, 2.24) is 15.1 Å². The summed E-state index contributed by atoms with van der Waals surface area (Å²) in [6.45, 7) is 0.464. The molecule has 0 bridgehead atoms. The van der Waals surface area contributed by atoms with Gasteiger partial charge in [-0.05, 0) is 6.07 Å². The Morgan fingerprint density at radius 2 is 1.95 bits per heavy atom. The van der Waals surface area contributed by atoms with Crippen LogP contribution in [-0.4, -0.2) is 59.8 Å². The van der Waals surface area contributed by atoms with Crippen molar-refractivity contribution >= 4 is 11.7 Å². The lowest BCUT2D eigenvalue weighted by Crippen LogP contribution is -2.49. The van der Waals surface area contributed by atoms with Gasteiger partial charge in [-0.25, -0.2) is 0 Å². The van der Waals surface area contributed by atoms with Crippen molar-refractivity contribution in [2.75, 3.05) is 37.6 Å². The molecule has 1 fully saturated rings. The smallest absolute Gasteiger partial charge is 0.384 e. The fraction of sp³-hybridized carbons (Fsp3) is 0.545. The molecule has 0 aromatic carbocycles. The Balaban J connectivity index is 2.03. The van der Waals surface area contributed by atoms with E-state index in [0.717, 1.165) is 0 Å². The van der Waals surface area contributed by atoms with Crippen molar-refractivity contribution < 1.29 is 13.2 Å². The topological polar surface area (TPSA) is 82.1 Å². The van der Waals surface area contributed by atoms with Crippen LogP contribution in [0.25, 0.3) is 0 Å². The number of anilines is 1. The number of rotatable bonds is 3. The molecule has 2 heterocycles. The third-order valence-corrected chi connectivity index (χ3v) is 3.07. The third-order valence-electron chi connectivity index (χ3n) is 3.07. The Hall–Kier alpha value is -1.90. The SMILES string of the molecule is N=C(N)c1ccnnc1N1CCN(CC(F)(F)F)CC1. The number of hydrogen-bond donors (Lipinski definition) is 2. The number of nitrogens with zero attached hydrogens (tertiary/aromatic N) is 4. The second kappa shape index (κ2) is 5.61. The molecule has 1 aromatic heterocycles. The normalized spacial score (nSPS) is 17.2. The highest BCUT2D eigenvalue weighted by Crippen LogP contribution is 2.20. The zero-order valence-corrected chi connectivity index (χ0v) is 10.7. The standard InChI is InChI=1S/C11H15F3N6/c12-11(13,14)7-19-3-5-20(6-4-19)10-8(9(15)16)1-2-17-18-10/h1-2H,3-7H2,(H3,15,16). The van der Waals surface area contributed by atoms with Gasteiger partial charge in [0.05, 0.1) is 18.3 Å². The Kier molecular flexibility index (Phi) is 4.07. The summed E-state index contributed by atoms with van der Waals surface area (Å²) >= 11 is 0. The molecule has 1 aliphatic rings. The molecule has 110 valence electrons. The minimum Gasteiger partial charge on any atom is -0.384 e. The molecule has 20 heavy (non-hydrogen) atoms. The number of amidine groups is 1. The average Bonchev–Trinajstić information content (AvgIpc) is 2.38. The van der Waals surface area contributed by atoms with Gasteiger partial charge in [-0.15, -0.1) is 5.10 Å². The van der Waals surface area contributed by atoms with E-state index in [1.807, 2.05) is 0 Å². The van der Waals surface area contributed by atoms with E-state index < -0.39 is 12.7 Å². The Labute approximate surface area is 113 Å². The second-order valence-corrected chi connectivity index (χ2v) is 4.56. The summed E-state index contributed by atoms with van der Waals surface area (Å²) in [7, 11) is 0. The van der Waals surface area contributed by atoms with Crippen LogP contribution in [0.3, 0.4) is 0 Å². The summed E-state index contributed by atoms with van der Waals surface area (Å²) in [6.07, 6.45) is -2.75. The predicted molar refractivity (Wildman–Crippen MR) is 67.8 cm³/mol. The monoisotopic (exact) mass is 288 g/mol. The molecule has 0 saturated carbocycles. The number of aromatic nitrogens is 2. The summed E-state index contributed by atoms with van der Waals surface area (Å²) in [5.74, 6) is 0.319. The van der Waals surface area contributed by atoms with Gasteiger partial charge in [-0.3, -0.25) is 10.3 Å². The second-order valence-electron chi connectivity index (χ2n) is 4.56. The van der Waals surface area contributed by atoms with E-state index in [9.17, 15) is 13.2 Å².